The van der Waals surface area contributed by atoms with Crippen molar-refractivity contribution in [3.8, 4) is 0 Å². The van der Waals surface area contributed by atoms with Crippen LogP contribution in [0.1, 0.15) is 19.3 Å². The van der Waals surface area contributed by atoms with E-state index in [4.69, 9.17) is 0 Å². The molecule has 1 unspecified atom stereocenters. The van der Waals surface area contributed by atoms with E-state index in [-0.39, 0.29) is 0 Å². The highest BCUT2D eigenvalue weighted by Gasteiger charge is 2.23. The van der Waals surface area contributed by atoms with Gasteiger partial charge in [0.2, 0.25) is 0 Å². The molecule has 2 aliphatic heterocycles. The number of guanidine groups is 1. The molecule has 2 fully saturated rings. The van der Waals surface area contributed by atoms with Gasteiger partial charge in [0.1, 0.15) is 0 Å². The zero-order chi connectivity index (χ0) is 18.9. The smallest absolute Gasteiger partial charge is 0.191 e. The maximum atomic E-state index is 4.41. The lowest BCUT2D eigenvalue weighted by molar-refractivity contribution is 0.152. The first-order valence-electron chi connectivity index (χ1n) is 10.4. The Morgan fingerprint density at radius 3 is 2.59 bits per heavy atom. The van der Waals surface area contributed by atoms with E-state index in [0.717, 1.165) is 32.0 Å². The van der Waals surface area contributed by atoms with Gasteiger partial charge in [-0.3, -0.25) is 4.99 Å². The van der Waals surface area contributed by atoms with Crippen LogP contribution in [0.4, 0.5) is 5.69 Å². The highest BCUT2D eigenvalue weighted by Crippen LogP contribution is 2.19. The number of nitrogens with one attached hydrogen (secondary N) is 2. The van der Waals surface area contributed by atoms with E-state index in [1.54, 1.807) is 0 Å². The Kier molecular flexibility index (Phi) is 7.78. The topological polar surface area (TPSA) is 46.1 Å². The van der Waals surface area contributed by atoms with Gasteiger partial charge in [0, 0.05) is 64.6 Å². The van der Waals surface area contributed by atoms with Crippen molar-refractivity contribution in [3.05, 3.63) is 30.3 Å². The van der Waals surface area contributed by atoms with E-state index in [1.165, 1.54) is 51.3 Å². The molecule has 0 aromatic heterocycles. The Morgan fingerprint density at radius 1 is 1.07 bits per heavy atom. The second-order valence-electron chi connectivity index (χ2n) is 7.76. The summed E-state index contributed by atoms with van der Waals surface area (Å²) in [4.78, 5) is 11.8. The lowest BCUT2D eigenvalue weighted by Crippen LogP contribution is -2.45. The molecular weight excluding hydrogens is 336 g/mol. The molecule has 2 aliphatic rings. The Labute approximate surface area is 164 Å². The molecule has 2 N–H and O–H groups in total. The number of anilines is 1. The number of nitrogens with zero attached hydrogens (tertiary/aromatic N) is 4. The van der Waals surface area contributed by atoms with Gasteiger partial charge in [0.15, 0.2) is 5.96 Å². The average Bonchev–Trinajstić information content (AvgIpc) is 3.17. The molecule has 0 spiro atoms. The van der Waals surface area contributed by atoms with Crippen LogP contribution in [0.2, 0.25) is 0 Å². The molecule has 0 bridgehead atoms. The van der Waals surface area contributed by atoms with E-state index in [1.807, 2.05) is 7.05 Å². The summed E-state index contributed by atoms with van der Waals surface area (Å²) in [6.45, 7) is 9.18. The summed E-state index contributed by atoms with van der Waals surface area (Å²) in [6, 6.07) is 11.1. The number of piperazine rings is 1. The molecule has 6 heteroatoms. The molecule has 0 radical (unpaired) electrons. The van der Waals surface area contributed by atoms with Crippen LogP contribution in [-0.2, 0) is 0 Å². The van der Waals surface area contributed by atoms with E-state index in [2.05, 4.69) is 67.7 Å². The van der Waals surface area contributed by atoms with Gasteiger partial charge >= 0.3 is 0 Å². The quantitative estimate of drug-likeness (QED) is 0.431. The Balaban J connectivity index is 1.29. The van der Waals surface area contributed by atoms with Gasteiger partial charge < -0.3 is 25.3 Å². The van der Waals surface area contributed by atoms with Crippen LogP contribution < -0.4 is 15.5 Å². The van der Waals surface area contributed by atoms with Crippen LogP contribution >= 0.6 is 0 Å². The van der Waals surface area contributed by atoms with Crippen molar-refractivity contribution >= 4 is 11.6 Å². The van der Waals surface area contributed by atoms with Crippen molar-refractivity contribution in [3.63, 3.8) is 0 Å². The van der Waals surface area contributed by atoms with Gasteiger partial charge in [-0.15, -0.1) is 0 Å². The van der Waals surface area contributed by atoms with Crippen LogP contribution in [0.25, 0.3) is 0 Å². The lowest BCUT2D eigenvalue weighted by atomic mass is 10.2. The van der Waals surface area contributed by atoms with Gasteiger partial charge in [0.25, 0.3) is 0 Å². The molecule has 3 rings (SSSR count). The molecule has 1 aromatic rings. The van der Waals surface area contributed by atoms with Crippen molar-refractivity contribution < 1.29 is 0 Å². The zero-order valence-corrected chi connectivity index (χ0v) is 17.0. The molecule has 150 valence electrons. The first-order chi connectivity index (χ1) is 13.2. The number of likely N-dealkylation sites (N-methyl/N-ethyl adjacent to an activating group) is 1. The SMILES string of the molecule is CN=C(NCCCCN1CCN(C)CC1)NC1CCN(c2ccccc2)C1. The second kappa shape index (κ2) is 10.5. The third-order valence-corrected chi connectivity index (χ3v) is 5.66. The number of hydrogen-bond acceptors (Lipinski definition) is 4. The lowest BCUT2D eigenvalue weighted by Gasteiger charge is -2.32. The molecule has 2 saturated heterocycles. The van der Waals surface area contributed by atoms with Gasteiger partial charge in [-0.1, -0.05) is 18.2 Å². The summed E-state index contributed by atoms with van der Waals surface area (Å²) in [5.74, 6) is 0.939. The third kappa shape index (κ3) is 6.40. The summed E-state index contributed by atoms with van der Waals surface area (Å²) in [5, 5.41) is 7.08. The molecular formula is C21H36N6. The van der Waals surface area contributed by atoms with Crippen molar-refractivity contribution in [2.24, 2.45) is 4.99 Å². The van der Waals surface area contributed by atoms with Crippen LogP contribution in [0.15, 0.2) is 35.3 Å². The standard InChI is InChI=1S/C21H36N6/c1-22-21(23-11-6-7-12-26-16-14-25(2)15-17-26)24-19-10-13-27(18-19)20-8-4-3-5-9-20/h3-5,8-9,19H,6-7,10-18H2,1-2H3,(H2,22,23,24). The number of aliphatic imine (C=N–C) groups is 1. The molecule has 1 atom stereocenters. The molecule has 27 heavy (non-hydrogen) atoms. The first kappa shape index (κ1) is 20.0. The molecule has 0 saturated carbocycles. The van der Waals surface area contributed by atoms with Crippen molar-refractivity contribution in [1.29, 1.82) is 0 Å². The maximum Gasteiger partial charge on any atom is 0.191 e. The minimum absolute atomic E-state index is 0.460. The normalized spacial score (nSPS) is 22.2. The average molecular weight is 373 g/mol. The van der Waals surface area contributed by atoms with E-state index in [9.17, 15) is 0 Å². The molecule has 6 nitrogen and oxygen atoms in total. The zero-order valence-electron chi connectivity index (χ0n) is 17.0. The highest BCUT2D eigenvalue weighted by atomic mass is 15.3. The van der Waals surface area contributed by atoms with Gasteiger partial charge in [-0.2, -0.15) is 0 Å². The van der Waals surface area contributed by atoms with E-state index in [0.29, 0.717) is 6.04 Å². The maximum absolute atomic E-state index is 4.41. The summed E-state index contributed by atoms with van der Waals surface area (Å²) in [5.41, 5.74) is 1.31. The van der Waals surface area contributed by atoms with E-state index >= 15 is 0 Å². The predicted molar refractivity (Wildman–Crippen MR) is 115 cm³/mol. The molecule has 0 amide bonds. The number of rotatable bonds is 7. The predicted octanol–water partition coefficient (Wildman–Crippen LogP) is 1.46. The van der Waals surface area contributed by atoms with Crippen molar-refractivity contribution in [1.82, 2.24) is 20.4 Å². The minimum Gasteiger partial charge on any atom is -0.369 e. The van der Waals surface area contributed by atoms with Crippen LogP contribution in [0.5, 0.6) is 0 Å². The molecule has 0 aliphatic carbocycles. The fraction of sp³-hybridized carbons (Fsp3) is 0.667. The van der Waals surface area contributed by atoms with Gasteiger partial charge in [-0.05, 0) is 45.0 Å². The van der Waals surface area contributed by atoms with Crippen LogP contribution in [0.3, 0.4) is 0 Å². The molecule has 1 aromatic carbocycles. The number of benzene rings is 1. The van der Waals surface area contributed by atoms with Gasteiger partial charge in [-0.25, -0.2) is 0 Å². The Bertz CT molecular complexity index is 567. The number of hydrogen-bond donors (Lipinski definition) is 2. The Morgan fingerprint density at radius 2 is 1.85 bits per heavy atom. The summed E-state index contributed by atoms with van der Waals surface area (Å²) >= 11 is 0. The fourth-order valence-electron chi connectivity index (χ4n) is 3.88. The number of para-hydroxylation sites is 1. The minimum atomic E-state index is 0.460. The Hall–Kier alpha value is -1.79. The summed E-state index contributed by atoms with van der Waals surface area (Å²) in [7, 11) is 4.08. The van der Waals surface area contributed by atoms with Crippen molar-refractivity contribution in [2.45, 2.75) is 25.3 Å². The van der Waals surface area contributed by atoms with E-state index < -0.39 is 0 Å². The van der Waals surface area contributed by atoms with Gasteiger partial charge in [0.05, 0.1) is 0 Å². The monoisotopic (exact) mass is 372 g/mol. The largest absolute Gasteiger partial charge is 0.369 e. The second-order valence-corrected chi connectivity index (χ2v) is 7.76. The first-order valence-corrected chi connectivity index (χ1v) is 10.4. The summed E-state index contributed by atoms with van der Waals surface area (Å²) in [6.07, 6.45) is 3.59. The summed E-state index contributed by atoms with van der Waals surface area (Å²) < 4.78 is 0. The fourth-order valence-corrected chi connectivity index (χ4v) is 3.88. The highest BCUT2D eigenvalue weighted by molar-refractivity contribution is 5.80. The number of unbranched alkanes of at least 4 members (excludes halogenated alkanes) is 1. The molecule has 2 heterocycles. The van der Waals surface area contributed by atoms with Crippen molar-refractivity contribution in [2.75, 3.05) is 71.4 Å². The van der Waals surface area contributed by atoms with Crippen LogP contribution in [-0.4, -0.2) is 88.3 Å². The third-order valence-electron chi connectivity index (χ3n) is 5.66. The van der Waals surface area contributed by atoms with Crippen LogP contribution in [0, 0.1) is 0 Å².